The first-order valence-electron chi connectivity index (χ1n) is 8.04. The number of sulfonamides is 1. The van der Waals surface area contributed by atoms with E-state index in [4.69, 9.17) is 0 Å². The summed E-state index contributed by atoms with van der Waals surface area (Å²) < 4.78 is 27.1. The van der Waals surface area contributed by atoms with Crippen molar-refractivity contribution in [2.45, 2.75) is 13.0 Å². The first-order valence-corrected chi connectivity index (χ1v) is 9.89. The predicted molar refractivity (Wildman–Crippen MR) is 94.0 cm³/mol. The monoisotopic (exact) mass is 344 g/mol. The van der Waals surface area contributed by atoms with Crippen LogP contribution in [0.15, 0.2) is 42.9 Å². The molecule has 3 aromatic rings. The van der Waals surface area contributed by atoms with Gasteiger partial charge in [0.1, 0.15) is 0 Å². The van der Waals surface area contributed by atoms with E-state index in [1.165, 1.54) is 17.2 Å². The van der Waals surface area contributed by atoms with Crippen molar-refractivity contribution in [3.8, 4) is 11.1 Å². The Morgan fingerprint density at radius 1 is 1.29 bits per heavy atom. The minimum Gasteiger partial charge on any atom is -0.347 e. The van der Waals surface area contributed by atoms with Crippen LogP contribution < -0.4 is 0 Å². The predicted octanol–water partition coefficient (Wildman–Crippen LogP) is 2.31. The van der Waals surface area contributed by atoms with Gasteiger partial charge in [0.2, 0.25) is 10.0 Å². The largest absolute Gasteiger partial charge is 0.347 e. The van der Waals surface area contributed by atoms with Crippen molar-refractivity contribution in [2.24, 2.45) is 5.92 Å². The second-order valence-corrected chi connectivity index (χ2v) is 8.49. The molecule has 24 heavy (non-hydrogen) atoms. The van der Waals surface area contributed by atoms with Gasteiger partial charge in [-0.15, -0.1) is 0 Å². The van der Waals surface area contributed by atoms with E-state index in [0.29, 0.717) is 19.0 Å². The Hall–Kier alpha value is -2.12. The zero-order valence-electron chi connectivity index (χ0n) is 13.5. The van der Waals surface area contributed by atoms with Gasteiger partial charge < -0.3 is 4.57 Å². The van der Waals surface area contributed by atoms with E-state index in [1.807, 2.05) is 12.4 Å². The molecule has 126 valence electrons. The maximum atomic E-state index is 11.7. The first kappa shape index (κ1) is 15.4. The highest BCUT2D eigenvalue weighted by atomic mass is 32.2. The molecule has 2 aromatic heterocycles. The summed E-state index contributed by atoms with van der Waals surface area (Å²) in [6.45, 7) is 2.10. The van der Waals surface area contributed by atoms with Crippen LogP contribution in [0.25, 0.3) is 22.0 Å². The lowest BCUT2D eigenvalue weighted by atomic mass is 10.1. The number of nitrogens with zero attached hydrogens (tertiary/aromatic N) is 3. The lowest BCUT2D eigenvalue weighted by Crippen LogP contribution is -2.28. The molecule has 4 rings (SSSR count). The Labute approximate surface area is 141 Å². The molecule has 0 saturated carbocycles. The lowest BCUT2D eigenvalue weighted by Gasteiger charge is -2.14. The summed E-state index contributed by atoms with van der Waals surface area (Å²) in [6.07, 6.45) is 8.00. The van der Waals surface area contributed by atoms with Crippen molar-refractivity contribution in [1.82, 2.24) is 19.1 Å². The number of H-pyrrole nitrogens is 1. The second kappa shape index (κ2) is 5.75. The van der Waals surface area contributed by atoms with Crippen LogP contribution in [0.1, 0.15) is 6.42 Å². The van der Waals surface area contributed by atoms with Crippen LogP contribution in [-0.2, 0) is 16.6 Å². The standard InChI is InChI=1S/C17H20N4O2S/c1-24(22,23)21-7-4-13(12-21)11-20-6-5-15-8-14(2-3-17(15)20)16-9-18-19-10-16/h2-3,5-6,8-10,13H,4,7,11-12H2,1H3,(H,18,19). The van der Waals surface area contributed by atoms with E-state index in [0.717, 1.165) is 24.1 Å². The molecule has 1 aliphatic heterocycles. The fraction of sp³-hybridized carbons (Fsp3) is 0.353. The smallest absolute Gasteiger partial charge is 0.211 e. The second-order valence-electron chi connectivity index (χ2n) is 6.50. The number of hydrogen-bond donors (Lipinski definition) is 1. The third kappa shape index (κ3) is 2.85. The van der Waals surface area contributed by atoms with Crippen LogP contribution in [0.3, 0.4) is 0 Å². The number of fused-ring (bicyclic) bond motifs is 1. The van der Waals surface area contributed by atoms with Crippen LogP contribution in [0.2, 0.25) is 0 Å². The van der Waals surface area contributed by atoms with Gasteiger partial charge in [0.25, 0.3) is 0 Å². The van der Waals surface area contributed by atoms with Gasteiger partial charge in [-0.05, 0) is 36.1 Å². The molecular formula is C17H20N4O2S. The summed E-state index contributed by atoms with van der Waals surface area (Å²) in [4.78, 5) is 0. The number of rotatable bonds is 4. The molecule has 1 atom stereocenters. The SMILES string of the molecule is CS(=O)(=O)N1CCC(Cn2ccc3cc(-c4cn[nH]c4)ccc32)C1. The van der Waals surface area contributed by atoms with Crippen molar-refractivity contribution in [2.75, 3.05) is 19.3 Å². The van der Waals surface area contributed by atoms with E-state index in [9.17, 15) is 8.42 Å². The molecule has 0 amide bonds. The average Bonchev–Trinajstić information content (AvgIpc) is 3.27. The van der Waals surface area contributed by atoms with Gasteiger partial charge in [-0.25, -0.2) is 12.7 Å². The first-order chi connectivity index (χ1) is 11.5. The Morgan fingerprint density at radius 3 is 2.88 bits per heavy atom. The third-order valence-electron chi connectivity index (χ3n) is 4.78. The van der Waals surface area contributed by atoms with Gasteiger partial charge in [0.05, 0.1) is 12.5 Å². The summed E-state index contributed by atoms with van der Waals surface area (Å²) in [6, 6.07) is 8.50. The molecule has 1 N–H and O–H groups in total. The molecule has 1 fully saturated rings. The highest BCUT2D eigenvalue weighted by molar-refractivity contribution is 7.88. The topological polar surface area (TPSA) is 71.0 Å². The van der Waals surface area contributed by atoms with Crippen molar-refractivity contribution in [1.29, 1.82) is 0 Å². The Bertz CT molecular complexity index is 960. The highest BCUT2D eigenvalue weighted by Gasteiger charge is 2.28. The molecule has 1 unspecified atom stereocenters. The van der Waals surface area contributed by atoms with E-state index in [2.05, 4.69) is 45.2 Å². The zero-order chi connectivity index (χ0) is 16.7. The lowest BCUT2D eigenvalue weighted by molar-refractivity contribution is 0.436. The maximum Gasteiger partial charge on any atom is 0.211 e. The Balaban J connectivity index is 1.56. The third-order valence-corrected chi connectivity index (χ3v) is 6.04. The van der Waals surface area contributed by atoms with E-state index in [1.54, 1.807) is 4.31 Å². The maximum absolute atomic E-state index is 11.7. The molecule has 1 saturated heterocycles. The minimum atomic E-state index is -3.07. The minimum absolute atomic E-state index is 0.365. The molecule has 1 aromatic carbocycles. The fourth-order valence-corrected chi connectivity index (χ4v) is 4.39. The number of nitrogens with one attached hydrogen (secondary N) is 1. The molecule has 0 radical (unpaired) electrons. The van der Waals surface area contributed by atoms with Gasteiger partial charge in [-0.1, -0.05) is 6.07 Å². The normalized spacial score (nSPS) is 19.3. The molecule has 6 nitrogen and oxygen atoms in total. The number of hydrogen-bond acceptors (Lipinski definition) is 3. The number of aromatic amines is 1. The van der Waals surface area contributed by atoms with Crippen LogP contribution in [0.4, 0.5) is 0 Å². The van der Waals surface area contributed by atoms with E-state index in [-0.39, 0.29) is 0 Å². The highest BCUT2D eigenvalue weighted by Crippen LogP contribution is 2.27. The summed E-state index contributed by atoms with van der Waals surface area (Å²) in [5, 5.41) is 8.02. The van der Waals surface area contributed by atoms with Crippen LogP contribution in [0.5, 0.6) is 0 Å². The molecule has 1 aliphatic rings. The quantitative estimate of drug-likeness (QED) is 0.789. The van der Waals surface area contributed by atoms with Crippen LogP contribution in [0, 0.1) is 5.92 Å². The van der Waals surface area contributed by atoms with Gasteiger partial charge in [-0.3, -0.25) is 5.10 Å². The number of benzene rings is 1. The fourth-order valence-electron chi connectivity index (χ4n) is 3.47. The Morgan fingerprint density at radius 2 is 2.17 bits per heavy atom. The number of aromatic nitrogens is 3. The van der Waals surface area contributed by atoms with Crippen molar-refractivity contribution in [3.63, 3.8) is 0 Å². The average molecular weight is 344 g/mol. The molecule has 3 heterocycles. The van der Waals surface area contributed by atoms with Gasteiger partial charge in [0.15, 0.2) is 0 Å². The van der Waals surface area contributed by atoms with Crippen molar-refractivity contribution >= 4 is 20.9 Å². The zero-order valence-corrected chi connectivity index (χ0v) is 14.3. The molecule has 0 aliphatic carbocycles. The molecule has 0 spiro atoms. The van der Waals surface area contributed by atoms with Crippen molar-refractivity contribution in [3.05, 3.63) is 42.9 Å². The summed E-state index contributed by atoms with van der Waals surface area (Å²) >= 11 is 0. The Kier molecular flexibility index (Phi) is 3.69. The summed E-state index contributed by atoms with van der Waals surface area (Å²) in [7, 11) is -3.07. The molecule has 0 bridgehead atoms. The van der Waals surface area contributed by atoms with E-state index < -0.39 is 10.0 Å². The molecular weight excluding hydrogens is 324 g/mol. The van der Waals surface area contributed by atoms with Gasteiger partial charge in [0, 0.05) is 48.5 Å². The summed E-state index contributed by atoms with van der Waals surface area (Å²) in [5.41, 5.74) is 3.39. The van der Waals surface area contributed by atoms with Crippen molar-refractivity contribution < 1.29 is 8.42 Å². The van der Waals surface area contributed by atoms with E-state index >= 15 is 0 Å². The molecule has 7 heteroatoms. The van der Waals surface area contributed by atoms with Crippen LogP contribution >= 0.6 is 0 Å². The van der Waals surface area contributed by atoms with Crippen LogP contribution in [-0.4, -0.2) is 46.8 Å². The summed E-state index contributed by atoms with van der Waals surface area (Å²) in [5.74, 6) is 0.365. The van der Waals surface area contributed by atoms with Gasteiger partial charge >= 0.3 is 0 Å². The van der Waals surface area contributed by atoms with Gasteiger partial charge in [-0.2, -0.15) is 5.10 Å².